The Kier molecular flexibility index (Phi) is 5.13. The number of piperazine rings is 1. The summed E-state index contributed by atoms with van der Waals surface area (Å²) in [5.41, 5.74) is 0. The average Bonchev–Trinajstić information content (AvgIpc) is 3.23. The molecule has 0 bridgehead atoms. The van der Waals surface area contributed by atoms with Gasteiger partial charge in [-0.15, -0.1) is 22.7 Å². The van der Waals surface area contributed by atoms with Crippen molar-refractivity contribution in [3.8, 4) is 0 Å². The van der Waals surface area contributed by atoms with Crippen LogP contribution in [-0.2, 0) is 11.2 Å². The van der Waals surface area contributed by atoms with Gasteiger partial charge < -0.3 is 9.80 Å². The fourth-order valence-electron chi connectivity index (χ4n) is 2.71. The van der Waals surface area contributed by atoms with Gasteiger partial charge in [0.15, 0.2) is 0 Å². The molecule has 0 N–H and O–H groups in total. The lowest BCUT2D eigenvalue weighted by molar-refractivity contribution is -0.132. The molecule has 0 aliphatic carbocycles. The van der Waals surface area contributed by atoms with Crippen LogP contribution in [0.25, 0.3) is 0 Å². The summed E-state index contributed by atoms with van der Waals surface area (Å²) < 4.78 is 0. The maximum absolute atomic E-state index is 12.4. The molecule has 2 aromatic heterocycles. The van der Waals surface area contributed by atoms with Gasteiger partial charge in [-0.2, -0.15) is 0 Å². The van der Waals surface area contributed by atoms with Crippen LogP contribution in [0.4, 0.5) is 0 Å². The van der Waals surface area contributed by atoms with Crippen LogP contribution in [0.5, 0.6) is 0 Å². The van der Waals surface area contributed by atoms with Crippen molar-refractivity contribution in [2.75, 3.05) is 26.2 Å². The summed E-state index contributed by atoms with van der Waals surface area (Å²) in [6.45, 7) is 4.53. The molecule has 1 saturated heterocycles. The van der Waals surface area contributed by atoms with Gasteiger partial charge in [0.1, 0.15) is 0 Å². The number of nitrogens with zero attached hydrogens (tertiary/aromatic N) is 2. The lowest BCUT2D eigenvalue weighted by atomic mass is 10.2. The van der Waals surface area contributed by atoms with Crippen LogP contribution in [0.1, 0.15) is 25.8 Å². The summed E-state index contributed by atoms with van der Waals surface area (Å²) in [7, 11) is 0. The van der Waals surface area contributed by atoms with Crippen LogP contribution < -0.4 is 0 Å². The van der Waals surface area contributed by atoms with Crippen LogP contribution in [0, 0.1) is 6.92 Å². The number of amides is 2. The van der Waals surface area contributed by atoms with E-state index in [1.54, 1.807) is 11.3 Å². The van der Waals surface area contributed by atoms with Crippen LogP contribution in [-0.4, -0.2) is 47.8 Å². The van der Waals surface area contributed by atoms with E-state index in [9.17, 15) is 9.59 Å². The Morgan fingerprint density at radius 2 is 1.83 bits per heavy atom. The van der Waals surface area contributed by atoms with E-state index in [0.717, 1.165) is 16.2 Å². The molecule has 1 aliphatic heterocycles. The first-order valence-corrected chi connectivity index (χ1v) is 9.49. The lowest BCUT2D eigenvalue weighted by Gasteiger charge is -2.34. The summed E-state index contributed by atoms with van der Waals surface area (Å²) in [6.07, 6.45) is 1.36. The Labute approximate surface area is 144 Å². The van der Waals surface area contributed by atoms with Gasteiger partial charge in [-0.05, 0) is 36.9 Å². The number of aryl methyl sites for hydroxylation is 2. The first-order chi connectivity index (χ1) is 11.1. The molecule has 23 heavy (non-hydrogen) atoms. The first kappa shape index (κ1) is 16.2. The first-order valence-electron chi connectivity index (χ1n) is 7.79. The topological polar surface area (TPSA) is 40.6 Å². The minimum Gasteiger partial charge on any atom is -0.339 e. The van der Waals surface area contributed by atoms with Crippen molar-refractivity contribution in [2.24, 2.45) is 0 Å². The highest BCUT2D eigenvalue weighted by atomic mass is 32.1. The molecule has 1 aliphatic rings. The Hall–Kier alpha value is -1.66. The second kappa shape index (κ2) is 7.27. The van der Waals surface area contributed by atoms with Crippen molar-refractivity contribution in [1.82, 2.24) is 9.80 Å². The van der Waals surface area contributed by atoms with E-state index in [1.165, 1.54) is 16.2 Å². The number of hydrogen-bond acceptors (Lipinski definition) is 4. The van der Waals surface area contributed by atoms with E-state index in [0.29, 0.717) is 32.6 Å². The molecular formula is C17H20N2O2S2. The van der Waals surface area contributed by atoms with Crippen molar-refractivity contribution in [1.29, 1.82) is 0 Å². The largest absolute Gasteiger partial charge is 0.339 e. The molecule has 6 heteroatoms. The number of thiophene rings is 2. The Morgan fingerprint density at radius 3 is 2.43 bits per heavy atom. The lowest BCUT2D eigenvalue weighted by Crippen LogP contribution is -2.50. The monoisotopic (exact) mass is 348 g/mol. The molecule has 3 heterocycles. The number of hydrogen-bond donors (Lipinski definition) is 0. The van der Waals surface area contributed by atoms with E-state index in [1.807, 2.05) is 40.3 Å². The molecule has 0 radical (unpaired) electrons. The highest BCUT2D eigenvalue weighted by Gasteiger charge is 2.25. The predicted molar refractivity (Wildman–Crippen MR) is 94.2 cm³/mol. The summed E-state index contributed by atoms with van der Waals surface area (Å²) in [6, 6.07) is 7.95. The molecule has 0 aromatic carbocycles. The zero-order chi connectivity index (χ0) is 16.2. The zero-order valence-electron chi connectivity index (χ0n) is 13.2. The molecule has 0 spiro atoms. The van der Waals surface area contributed by atoms with Crippen LogP contribution >= 0.6 is 22.7 Å². The molecule has 2 amide bonds. The van der Waals surface area contributed by atoms with Gasteiger partial charge in [0.25, 0.3) is 5.91 Å². The molecule has 0 saturated carbocycles. The third-order valence-corrected chi connectivity index (χ3v) is 5.96. The highest BCUT2D eigenvalue weighted by molar-refractivity contribution is 7.13. The zero-order valence-corrected chi connectivity index (χ0v) is 14.8. The number of carbonyl (C=O) groups is 2. The number of carbonyl (C=O) groups excluding carboxylic acids is 2. The summed E-state index contributed by atoms with van der Waals surface area (Å²) in [4.78, 5) is 31.6. The van der Waals surface area contributed by atoms with E-state index in [4.69, 9.17) is 0 Å². The van der Waals surface area contributed by atoms with Gasteiger partial charge >= 0.3 is 0 Å². The van der Waals surface area contributed by atoms with E-state index in [-0.39, 0.29) is 11.8 Å². The van der Waals surface area contributed by atoms with Crippen molar-refractivity contribution >= 4 is 34.5 Å². The quantitative estimate of drug-likeness (QED) is 0.852. The predicted octanol–water partition coefficient (Wildman–Crippen LogP) is 3.04. The molecule has 122 valence electrons. The molecule has 1 fully saturated rings. The molecule has 0 atom stereocenters. The maximum Gasteiger partial charge on any atom is 0.264 e. The van der Waals surface area contributed by atoms with E-state index < -0.39 is 0 Å². The van der Waals surface area contributed by atoms with Gasteiger partial charge in [-0.3, -0.25) is 9.59 Å². The Bertz CT molecular complexity index is 671. The SMILES string of the molecule is Cc1ccc(C(=O)N2CCN(C(=O)CCc3cccs3)CC2)s1. The minimum atomic E-state index is 0.0915. The van der Waals surface area contributed by atoms with Gasteiger partial charge in [0.2, 0.25) is 5.91 Å². The third-order valence-electron chi connectivity index (χ3n) is 4.04. The highest BCUT2D eigenvalue weighted by Crippen LogP contribution is 2.18. The Morgan fingerprint density at radius 1 is 1.09 bits per heavy atom. The van der Waals surface area contributed by atoms with Crippen molar-refractivity contribution in [3.63, 3.8) is 0 Å². The second-order valence-corrected chi connectivity index (χ2v) is 7.98. The molecule has 2 aromatic rings. The smallest absolute Gasteiger partial charge is 0.264 e. The van der Waals surface area contributed by atoms with Gasteiger partial charge in [-0.25, -0.2) is 0 Å². The van der Waals surface area contributed by atoms with E-state index in [2.05, 4.69) is 6.07 Å². The van der Waals surface area contributed by atoms with Gasteiger partial charge in [0, 0.05) is 42.4 Å². The summed E-state index contributed by atoms with van der Waals surface area (Å²) >= 11 is 3.23. The fourth-order valence-corrected chi connectivity index (χ4v) is 4.25. The third kappa shape index (κ3) is 4.00. The maximum atomic E-state index is 12.4. The Balaban J connectivity index is 1.48. The molecular weight excluding hydrogens is 328 g/mol. The minimum absolute atomic E-state index is 0.0915. The molecule has 3 rings (SSSR count). The fraction of sp³-hybridized carbons (Fsp3) is 0.412. The van der Waals surface area contributed by atoms with Gasteiger partial charge in [0.05, 0.1) is 4.88 Å². The molecule has 0 unspecified atom stereocenters. The van der Waals surface area contributed by atoms with Crippen LogP contribution in [0.15, 0.2) is 29.6 Å². The van der Waals surface area contributed by atoms with Crippen molar-refractivity contribution in [2.45, 2.75) is 19.8 Å². The van der Waals surface area contributed by atoms with Crippen LogP contribution in [0.3, 0.4) is 0 Å². The second-order valence-electron chi connectivity index (χ2n) is 5.66. The molecule has 4 nitrogen and oxygen atoms in total. The van der Waals surface area contributed by atoms with Crippen molar-refractivity contribution in [3.05, 3.63) is 44.3 Å². The van der Waals surface area contributed by atoms with Gasteiger partial charge in [-0.1, -0.05) is 6.07 Å². The van der Waals surface area contributed by atoms with Crippen molar-refractivity contribution < 1.29 is 9.59 Å². The summed E-state index contributed by atoms with van der Waals surface area (Å²) in [5.74, 6) is 0.284. The average molecular weight is 348 g/mol. The van der Waals surface area contributed by atoms with Crippen LogP contribution in [0.2, 0.25) is 0 Å². The van der Waals surface area contributed by atoms with E-state index >= 15 is 0 Å². The normalized spacial score (nSPS) is 15.0. The standard InChI is InChI=1S/C17H20N2O2S2/c1-13-4-6-15(23-13)17(21)19-10-8-18(9-11-19)16(20)7-5-14-3-2-12-22-14/h2-4,6,12H,5,7-11H2,1H3. The summed E-state index contributed by atoms with van der Waals surface area (Å²) in [5, 5.41) is 2.04. The number of rotatable bonds is 4.